The van der Waals surface area contributed by atoms with E-state index in [0.717, 1.165) is 21.9 Å². The van der Waals surface area contributed by atoms with Crippen LogP contribution in [-0.2, 0) is 22.5 Å². The van der Waals surface area contributed by atoms with Gasteiger partial charge in [0.15, 0.2) is 0 Å². The Morgan fingerprint density at radius 2 is 1.47 bits per heavy atom. The first kappa shape index (κ1) is 23.3. The minimum atomic E-state index is -0.681. The first-order chi connectivity index (χ1) is 15.1. The Morgan fingerprint density at radius 1 is 0.844 bits per heavy atom. The Labute approximate surface area is 190 Å². The molecule has 0 heterocycles. The number of rotatable bonds is 6. The van der Waals surface area contributed by atoms with Gasteiger partial charge in [0.25, 0.3) is 0 Å². The van der Waals surface area contributed by atoms with Crippen molar-refractivity contribution in [2.24, 2.45) is 0 Å². The maximum absolute atomic E-state index is 13.5. The topological polar surface area (TPSA) is 49.9 Å². The van der Waals surface area contributed by atoms with Gasteiger partial charge < -0.3 is 9.64 Å². The molecule has 3 aromatic rings. The Balaban J connectivity index is 1.86. The van der Waals surface area contributed by atoms with Gasteiger partial charge in [0.1, 0.15) is 11.6 Å². The van der Waals surface area contributed by atoms with E-state index in [1.807, 2.05) is 75.4 Å². The predicted molar refractivity (Wildman–Crippen MR) is 128 cm³/mol. The zero-order valence-electron chi connectivity index (χ0n) is 19.5. The molecule has 0 saturated heterocycles. The molecule has 0 aliphatic carbocycles. The minimum absolute atomic E-state index is 0.129. The van der Waals surface area contributed by atoms with Crippen LogP contribution in [0.4, 0.5) is 4.79 Å². The van der Waals surface area contributed by atoms with Crippen LogP contribution >= 0.6 is 0 Å². The molecule has 0 aliphatic heterocycles. The van der Waals surface area contributed by atoms with Gasteiger partial charge in [0, 0.05) is 27.1 Å². The third kappa shape index (κ3) is 6.10. The maximum atomic E-state index is 13.5. The van der Waals surface area contributed by atoms with E-state index < -0.39 is 17.7 Å². The van der Waals surface area contributed by atoms with E-state index in [1.165, 1.54) is 4.90 Å². The fourth-order valence-electron chi connectivity index (χ4n) is 3.63. The smallest absolute Gasteiger partial charge is 0.410 e. The average Bonchev–Trinajstić information content (AvgIpc) is 2.76. The van der Waals surface area contributed by atoms with Crippen molar-refractivity contribution in [1.29, 1.82) is 0 Å². The van der Waals surface area contributed by atoms with Crippen molar-refractivity contribution in [2.75, 3.05) is 14.1 Å². The van der Waals surface area contributed by atoms with E-state index in [1.54, 1.807) is 19.0 Å². The highest BCUT2D eigenvalue weighted by Gasteiger charge is 2.32. The highest BCUT2D eigenvalue weighted by Crippen LogP contribution is 2.20. The summed E-state index contributed by atoms with van der Waals surface area (Å²) >= 11 is 0. The Hall–Kier alpha value is -3.34. The lowest BCUT2D eigenvalue weighted by Crippen LogP contribution is -2.50. The van der Waals surface area contributed by atoms with Crippen LogP contribution in [0.3, 0.4) is 0 Å². The van der Waals surface area contributed by atoms with E-state index in [0.29, 0.717) is 13.0 Å². The number of amides is 2. The zero-order valence-corrected chi connectivity index (χ0v) is 19.5. The summed E-state index contributed by atoms with van der Waals surface area (Å²) in [4.78, 5) is 29.4. The molecule has 5 heteroatoms. The molecular formula is C27H32N2O3. The van der Waals surface area contributed by atoms with Crippen molar-refractivity contribution in [1.82, 2.24) is 9.80 Å². The molecule has 0 N–H and O–H groups in total. The molecular weight excluding hydrogens is 400 g/mol. The summed E-state index contributed by atoms with van der Waals surface area (Å²) in [5.41, 5.74) is 1.39. The first-order valence-electron chi connectivity index (χ1n) is 10.9. The second-order valence-corrected chi connectivity index (χ2v) is 9.17. The largest absolute Gasteiger partial charge is 0.444 e. The van der Waals surface area contributed by atoms with Gasteiger partial charge in [-0.1, -0.05) is 72.8 Å². The molecule has 0 bridgehead atoms. The van der Waals surface area contributed by atoms with E-state index in [-0.39, 0.29) is 5.91 Å². The molecule has 0 aromatic heterocycles. The molecule has 0 spiro atoms. The fraction of sp³-hybridized carbons (Fsp3) is 0.333. The summed E-state index contributed by atoms with van der Waals surface area (Å²) in [5, 5.41) is 2.24. The SMILES string of the molecule is CN(Cc1ccccc1)C(=O)[C@H](Cc1ccc2ccccc2c1)N(C)C(=O)OC(C)(C)C. The summed E-state index contributed by atoms with van der Waals surface area (Å²) in [7, 11) is 3.40. The molecule has 168 valence electrons. The molecule has 0 radical (unpaired) electrons. The second-order valence-electron chi connectivity index (χ2n) is 9.17. The van der Waals surface area contributed by atoms with Crippen LogP contribution in [0.1, 0.15) is 31.9 Å². The maximum Gasteiger partial charge on any atom is 0.410 e. The van der Waals surface area contributed by atoms with Crippen LogP contribution < -0.4 is 0 Å². The molecule has 32 heavy (non-hydrogen) atoms. The monoisotopic (exact) mass is 432 g/mol. The summed E-state index contributed by atoms with van der Waals surface area (Å²) in [6.07, 6.45) is -0.108. The van der Waals surface area contributed by atoms with Crippen molar-refractivity contribution in [2.45, 2.75) is 45.4 Å². The number of carbonyl (C=O) groups excluding carboxylic acids is 2. The zero-order chi connectivity index (χ0) is 23.3. The summed E-state index contributed by atoms with van der Waals surface area (Å²) in [6.45, 7) is 5.93. The van der Waals surface area contributed by atoms with Gasteiger partial charge in [-0.25, -0.2) is 4.79 Å². The normalized spacial score (nSPS) is 12.3. The summed E-state index contributed by atoms with van der Waals surface area (Å²) < 4.78 is 5.55. The standard InChI is InChI=1S/C27H32N2O3/c1-27(2,3)32-26(31)29(5)24(25(30)28(4)19-20-11-7-6-8-12-20)18-21-15-16-22-13-9-10-14-23(22)17-21/h6-17,24H,18-19H2,1-5H3/t24-/m0/s1. The number of hydrogen-bond acceptors (Lipinski definition) is 3. The van der Waals surface area contributed by atoms with Crippen LogP contribution in [-0.4, -0.2) is 47.5 Å². The van der Waals surface area contributed by atoms with Gasteiger partial charge >= 0.3 is 6.09 Å². The van der Waals surface area contributed by atoms with E-state index in [4.69, 9.17) is 4.74 Å². The molecule has 0 aliphatic rings. The lowest BCUT2D eigenvalue weighted by atomic mass is 10.00. The number of likely N-dealkylation sites (N-methyl/N-ethyl adjacent to an activating group) is 2. The highest BCUT2D eigenvalue weighted by atomic mass is 16.6. The number of ether oxygens (including phenoxy) is 1. The molecule has 5 nitrogen and oxygen atoms in total. The minimum Gasteiger partial charge on any atom is -0.444 e. The number of hydrogen-bond donors (Lipinski definition) is 0. The molecule has 0 saturated carbocycles. The lowest BCUT2D eigenvalue weighted by Gasteiger charge is -2.32. The first-order valence-corrected chi connectivity index (χ1v) is 10.9. The van der Waals surface area contributed by atoms with Crippen LogP contribution in [0.2, 0.25) is 0 Å². The second kappa shape index (κ2) is 9.86. The van der Waals surface area contributed by atoms with Crippen molar-refractivity contribution >= 4 is 22.8 Å². The van der Waals surface area contributed by atoms with E-state index in [9.17, 15) is 9.59 Å². The number of nitrogens with zero attached hydrogens (tertiary/aromatic N) is 2. The van der Waals surface area contributed by atoms with Crippen LogP contribution in [0.25, 0.3) is 10.8 Å². The summed E-state index contributed by atoms with van der Waals surface area (Å²) in [5.74, 6) is -0.129. The predicted octanol–water partition coefficient (Wildman–Crippen LogP) is 5.28. The molecule has 0 unspecified atom stereocenters. The van der Waals surface area contributed by atoms with Gasteiger partial charge in [0.2, 0.25) is 5.91 Å². The van der Waals surface area contributed by atoms with Gasteiger partial charge in [-0.05, 0) is 42.7 Å². The average molecular weight is 433 g/mol. The van der Waals surface area contributed by atoms with E-state index >= 15 is 0 Å². The molecule has 3 rings (SSSR count). The summed E-state index contributed by atoms with van der Waals surface area (Å²) in [6, 6.07) is 23.4. The van der Waals surface area contributed by atoms with Gasteiger partial charge in [-0.3, -0.25) is 9.69 Å². The number of carbonyl (C=O) groups is 2. The third-order valence-electron chi connectivity index (χ3n) is 5.32. The van der Waals surface area contributed by atoms with Crippen LogP contribution in [0.15, 0.2) is 72.8 Å². The highest BCUT2D eigenvalue weighted by molar-refractivity contribution is 5.87. The van der Waals surface area contributed by atoms with Gasteiger partial charge in [-0.2, -0.15) is 0 Å². The Kier molecular flexibility index (Phi) is 7.18. The number of benzene rings is 3. The van der Waals surface area contributed by atoms with Crippen molar-refractivity contribution in [3.63, 3.8) is 0 Å². The van der Waals surface area contributed by atoms with Crippen LogP contribution in [0, 0.1) is 0 Å². The van der Waals surface area contributed by atoms with E-state index in [2.05, 4.69) is 18.2 Å². The van der Waals surface area contributed by atoms with Crippen molar-refractivity contribution in [3.8, 4) is 0 Å². The lowest BCUT2D eigenvalue weighted by molar-refractivity contribution is -0.135. The van der Waals surface area contributed by atoms with Gasteiger partial charge in [-0.15, -0.1) is 0 Å². The molecule has 2 amide bonds. The Morgan fingerprint density at radius 3 is 2.12 bits per heavy atom. The molecule has 0 fully saturated rings. The van der Waals surface area contributed by atoms with Crippen molar-refractivity contribution < 1.29 is 14.3 Å². The number of fused-ring (bicyclic) bond motifs is 1. The Bertz CT molecular complexity index is 1070. The molecule has 1 atom stereocenters. The van der Waals surface area contributed by atoms with Crippen LogP contribution in [0.5, 0.6) is 0 Å². The quantitative estimate of drug-likeness (QED) is 0.533. The van der Waals surface area contributed by atoms with Gasteiger partial charge in [0.05, 0.1) is 0 Å². The third-order valence-corrected chi connectivity index (χ3v) is 5.32. The fourth-order valence-corrected chi connectivity index (χ4v) is 3.63. The van der Waals surface area contributed by atoms with Crippen molar-refractivity contribution in [3.05, 3.63) is 83.9 Å². The molecule has 3 aromatic carbocycles.